The van der Waals surface area contributed by atoms with E-state index in [-0.39, 0.29) is 0 Å². The minimum atomic E-state index is 0.847. The van der Waals surface area contributed by atoms with Crippen LogP contribution in [-0.2, 0) is 6.54 Å². The van der Waals surface area contributed by atoms with Crippen molar-refractivity contribution in [1.82, 2.24) is 14.5 Å². The number of thiazole rings is 1. The normalized spacial score (nSPS) is 11.2. The molecule has 0 unspecified atom stereocenters. The summed E-state index contributed by atoms with van der Waals surface area (Å²) in [5.74, 6) is 0. The SMILES string of the molecule is Cc1ncc(Cn2cc(Br)c3ccncc32)s1. The van der Waals surface area contributed by atoms with Gasteiger partial charge in [0.2, 0.25) is 0 Å². The molecule has 3 rings (SSSR count). The van der Waals surface area contributed by atoms with Crippen LogP contribution in [0.25, 0.3) is 10.9 Å². The van der Waals surface area contributed by atoms with Crippen LogP contribution in [0.15, 0.2) is 35.3 Å². The van der Waals surface area contributed by atoms with E-state index in [1.807, 2.05) is 31.6 Å². The fourth-order valence-electron chi connectivity index (χ4n) is 1.87. The van der Waals surface area contributed by atoms with Gasteiger partial charge in [0.1, 0.15) is 0 Å². The molecule has 0 aliphatic rings. The average Bonchev–Trinajstić information content (AvgIpc) is 2.86. The van der Waals surface area contributed by atoms with Crippen molar-refractivity contribution >= 4 is 38.2 Å². The lowest BCUT2D eigenvalue weighted by Crippen LogP contribution is -1.95. The fraction of sp³-hybridized carbons (Fsp3) is 0.167. The van der Waals surface area contributed by atoms with Crippen LogP contribution in [0, 0.1) is 6.92 Å². The van der Waals surface area contributed by atoms with Crippen LogP contribution >= 0.6 is 27.3 Å². The standard InChI is InChI=1S/C12H10BrN3S/c1-8-15-4-9(17-8)6-16-7-11(13)10-2-3-14-5-12(10)16/h2-5,7H,6H2,1H3. The first-order valence-electron chi connectivity index (χ1n) is 5.24. The van der Waals surface area contributed by atoms with Gasteiger partial charge in [-0.2, -0.15) is 0 Å². The molecule has 0 amide bonds. The molecule has 0 fully saturated rings. The molecule has 3 aromatic rings. The first-order valence-corrected chi connectivity index (χ1v) is 6.84. The highest BCUT2D eigenvalue weighted by atomic mass is 79.9. The van der Waals surface area contributed by atoms with E-state index in [9.17, 15) is 0 Å². The van der Waals surface area contributed by atoms with Crippen molar-refractivity contribution in [2.24, 2.45) is 0 Å². The number of rotatable bonds is 2. The van der Waals surface area contributed by atoms with Crippen molar-refractivity contribution in [2.45, 2.75) is 13.5 Å². The third kappa shape index (κ3) is 2.00. The Morgan fingerprint density at radius 2 is 2.29 bits per heavy atom. The van der Waals surface area contributed by atoms with E-state index in [2.05, 4.69) is 36.7 Å². The minimum absolute atomic E-state index is 0.847. The molecule has 0 spiro atoms. The molecule has 3 heterocycles. The van der Waals surface area contributed by atoms with Crippen molar-refractivity contribution < 1.29 is 0 Å². The molecule has 0 saturated carbocycles. The lowest BCUT2D eigenvalue weighted by molar-refractivity contribution is 0.845. The summed E-state index contributed by atoms with van der Waals surface area (Å²) in [6, 6.07) is 2.02. The summed E-state index contributed by atoms with van der Waals surface area (Å²) < 4.78 is 3.30. The highest BCUT2D eigenvalue weighted by molar-refractivity contribution is 9.10. The molecular formula is C12H10BrN3S. The lowest BCUT2D eigenvalue weighted by Gasteiger charge is -2.01. The number of nitrogens with zero attached hydrogens (tertiary/aromatic N) is 3. The molecule has 0 aliphatic carbocycles. The second kappa shape index (κ2) is 4.23. The van der Waals surface area contributed by atoms with Crippen molar-refractivity contribution in [1.29, 1.82) is 0 Å². The summed E-state index contributed by atoms with van der Waals surface area (Å²) >= 11 is 5.31. The number of fused-ring (bicyclic) bond motifs is 1. The third-order valence-corrected chi connectivity index (χ3v) is 4.16. The topological polar surface area (TPSA) is 30.7 Å². The molecule has 3 aromatic heterocycles. The van der Waals surface area contributed by atoms with Crippen LogP contribution in [0.1, 0.15) is 9.88 Å². The van der Waals surface area contributed by atoms with Crippen molar-refractivity contribution in [3.05, 3.63) is 45.2 Å². The summed E-state index contributed by atoms with van der Waals surface area (Å²) in [5, 5.41) is 2.30. The Hall–Kier alpha value is -1.20. The largest absolute Gasteiger partial charge is 0.340 e. The fourth-order valence-corrected chi connectivity index (χ4v) is 3.25. The van der Waals surface area contributed by atoms with E-state index >= 15 is 0 Å². The van der Waals surface area contributed by atoms with Gasteiger partial charge in [-0.1, -0.05) is 0 Å². The molecule has 0 saturated heterocycles. The predicted molar refractivity (Wildman–Crippen MR) is 73.4 cm³/mol. The zero-order valence-electron chi connectivity index (χ0n) is 9.22. The summed E-state index contributed by atoms with van der Waals surface area (Å²) in [7, 11) is 0. The van der Waals surface area contributed by atoms with Gasteiger partial charge in [-0.3, -0.25) is 4.98 Å². The van der Waals surface area contributed by atoms with Crippen molar-refractivity contribution in [2.75, 3.05) is 0 Å². The number of hydrogen-bond acceptors (Lipinski definition) is 3. The van der Waals surface area contributed by atoms with Crippen LogP contribution in [0.2, 0.25) is 0 Å². The smallest absolute Gasteiger partial charge is 0.0897 e. The van der Waals surface area contributed by atoms with Crippen LogP contribution in [0.5, 0.6) is 0 Å². The van der Waals surface area contributed by atoms with Crippen LogP contribution in [0.4, 0.5) is 0 Å². The molecule has 3 nitrogen and oxygen atoms in total. The molecule has 0 bridgehead atoms. The zero-order chi connectivity index (χ0) is 11.8. The second-order valence-corrected chi connectivity index (χ2v) is 6.02. The van der Waals surface area contributed by atoms with Crippen LogP contribution in [-0.4, -0.2) is 14.5 Å². The highest BCUT2D eigenvalue weighted by Crippen LogP contribution is 2.26. The van der Waals surface area contributed by atoms with Gasteiger partial charge >= 0.3 is 0 Å². The summed E-state index contributed by atoms with van der Waals surface area (Å²) in [6.07, 6.45) is 7.75. The summed E-state index contributed by atoms with van der Waals surface area (Å²) in [5.41, 5.74) is 1.14. The summed E-state index contributed by atoms with van der Waals surface area (Å²) in [6.45, 7) is 2.87. The Bertz CT molecular complexity index is 671. The molecule has 5 heteroatoms. The second-order valence-electron chi connectivity index (χ2n) is 3.84. The number of aromatic nitrogens is 3. The average molecular weight is 308 g/mol. The van der Waals surface area contributed by atoms with E-state index in [0.717, 1.165) is 21.5 Å². The molecule has 17 heavy (non-hydrogen) atoms. The monoisotopic (exact) mass is 307 g/mol. The number of aryl methyl sites for hydroxylation is 1. The maximum atomic E-state index is 4.28. The van der Waals surface area contributed by atoms with Crippen molar-refractivity contribution in [3.63, 3.8) is 0 Å². The Morgan fingerprint density at radius 1 is 1.41 bits per heavy atom. The van der Waals surface area contributed by atoms with Gasteiger partial charge in [0, 0.05) is 33.3 Å². The van der Waals surface area contributed by atoms with Gasteiger partial charge in [0.05, 0.1) is 23.3 Å². The van der Waals surface area contributed by atoms with Crippen LogP contribution < -0.4 is 0 Å². The molecule has 0 aromatic carbocycles. The van der Waals surface area contributed by atoms with E-state index in [4.69, 9.17) is 0 Å². The first-order chi connectivity index (χ1) is 8.24. The van der Waals surface area contributed by atoms with E-state index in [0.29, 0.717) is 0 Å². The van der Waals surface area contributed by atoms with E-state index < -0.39 is 0 Å². The van der Waals surface area contributed by atoms with Gasteiger partial charge in [-0.05, 0) is 28.9 Å². The third-order valence-electron chi connectivity index (χ3n) is 2.63. The Kier molecular flexibility index (Phi) is 2.72. The van der Waals surface area contributed by atoms with E-state index in [1.165, 1.54) is 10.3 Å². The Morgan fingerprint density at radius 3 is 3.06 bits per heavy atom. The van der Waals surface area contributed by atoms with Gasteiger partial charge in [0.25, 0.3) is 0 Å². The maximum absolute atomic E-state index is 4.28. The molecule has 0 N–H and O–H groups in total. The summed E-state index contributed by atoms with van der Waals surface area (Å²) in [4.78, 5) is 9.72. The van der Waals surface area contributed by atoms with Gasteiger partial charge < -0.3 is 4.57 Å². The van der Waals surface area contributed by atoms with Gasteiger partial charge in [0.15, 0.2) is 0 Å². The highest BCUT2D eigenvalue weighted by Gasteiger charge is 2.07. The number of pyridine rings is 1. The quantitative estimate of drug-likeness (QED) is 0.724. The van der Waals surface area contributed by atoms with Crippen molar-refractivity contribution in [3.8, 4) is 0 Å². The Labute approximate surface area is 111 Å². The Balaban J connectivity index is 2.06. The van der Waals surface area contributed by atoms with Gasteiger partial charge in [-0.15, -0.1) is 11.3 Å². The van der Waals surface area contributed by atoms with E-state index in [1.54, 1.807) is 11.3 Å². The lowest BCUT2D eigenvalue weighted by atomic mass is 10.3. The molecule has 0 radical (unpaired) electrons. The number of hydrogen-bond donors (Lipinski definition) is 0. The zero-order valence-corrected chi connectivity index (χ0v) is 11.6. The van der Waals surface area contributed by atoms with Crippen LogP contribution in [0.3, 0.4) is 0 Å². The predicted octanol–water partition coefficient (Wildman–Crippen LogP) is 3.61. The first kappa shape index (κ1) is 10.9. The number of halogens is 1. The molecule has 0 aliphatic heterocycles. The molecule has 0 atom stereocenters. The molecular weight excluding hydrogens is 298 g/mol. The van der Waals surface area contributed by atoms with Gasteiger partial charge in [-0.25, -0.2) is 4.98 Å². The molecule has 86 valence electrons. The maximum Gasteiger partial charge on any atom is 0.0897 e. The minimum Gasteiger partial charge on any atom is -0.340 e.